The average molecular weight is 329 g/mol. The van der Waals surface area contributed by atoms with Gasteiger partial charge < -0.3 is 20.1 Å². The topological polar surface area (TPSA) is 58.1 Å². The summed E-state index contributed by atoms with van der Waals surface area (Å²) in [5, 5.41) is 6.78. The van der Waals surface area contributed by atoms with Gasteiger partial charge in [-0.3, -0.25) is 9.89 Å². The predicted octanol–water partition coefficient (Wildman–Crippen LogP) is 1.18. The maximum Gasteiger partial charge on any atom is 0.191 e. The van der Waals surface area contributed by atoms with Crippen molar-refractivity contribution in [1.29, 1.82) is 0 Å². The maximum absolute atomic E-state index is 5.57. The summed E-state index contributed by atoms with van der Waals surface area (Å²) >= 11 is 0. The van der Waals surface area contributed by atoms with Crippen LogP contribution in [0.4, 0.5) is 0 Å². The second-order valence-corrected chi connectivity index (χ2v) is 7.44. The van der Waals surface area contributed by atoms with Gasteiger partial charge in [0.2, 0.25) is 0 Å². The van der Waals surface area contributed by atoms with Crippen LogP contribution in [0.2, 0.25) is 0 Å². The molecule has 1 heterocycles. The van der Waals surface area contributed by atoms with Crippen LogP contribution >= 0.6 is 0 Å². The van der Waals surface area contributed by atoms with E-state index in [9.17, 15) is 0 Å². The van der Waals surface area contributed by atoms with Crippen LogP contribution in [0.25, 0.3) is 0 Å². The van der Waals surface area contributed by atoms with Crippen molar-refractivity contribution in [2.75, 3.05) is 60.1 Å². The number of rotatable bonds is 7. The summed E-state index contributed by atoms with van der Waals surface area (Å²) in [6.07, 6.45) is 0.145. The van der Waals surface area contributed by atoms with Crippen molar-refractivity contribution in [1.82, 2.24) is 15.5 Å². The first-order valence-electron chi connectivity index (χ1n) is 8.64. The Kier molecular flexibility index (Phi) is 8.87. The number of hydrogen-bond donors (Lipinski definition) is 2. The largest absolute Gasteiger partial charge is 0.379 e. The summed E-state index contributed by atoms with van der Waals surface area (Å²) in [7, 11) is 3.57. The smallest absolute Gasteiger partial charge is 0.191 e. The van der Waals surface area contributed by atoms with Crippen molar-refractivity contribution >= 4 is 5.96 Å². The molecule has 2 N–H and O–H groups in total. The van der Waals surface area contributed by atoms with Crippen LogP contribution < -0.4 is 10.6 Å². The summed E-state index contributed by atoms with van der Waals surface area (Å²) in [4.78, 5) is 6.77. The van der Waals surface area contributed by atoms with Crippen molar-refractivity contribution in [3.63, 3.8) is 0 Å². The van der Waals surface area contributed by atoms with Crippen molar-refractivity contribution in [3.8, 4) is 0 Å². The lowest BCUT2D eigenvalue weighted by atomic mass is 9.89. The fourth-order valence-corrected chi connectivity index (χ4v) is 2.71. The SMILES string of the molecule is CN=C(NCC(C)CN1CCOCC1)NCC(OC)C(C)(C)C. The second kappa shape index (κ2) is 10.1. The Bertz CT molecular complexity index is 349. The third-order valence-corrected chi connectivity index (χ3v) is 4.22. The molecule has 6 heteroatoms. The Hall–Kier alpha value is -0.850. The van der Waals surface area contributed by atoms with E-state index < -0.39 is 0 Å². The molecule has 0 radical (unpaired) electrons. The third-order valence-electron chi connectivity index (χ3n) is 4.22. The molecule has 2 unspecified atom stereocenters. The fraction of sp³-hybridized carbons (Fsp3) is 0.941. The molecule has 136 valence electrons. The van der Waals surface area contributed by atoms with Crippen LogP contribution in [0.1, 0.15) is 27.7 Å². The Balaban J connectivity index is 2.30. The Morgan fingerprint density at radius 3 is 2.35 bits per heavy atom. The highest BCUT2D eigenvalue weighted by molar-refractivity contribution is 5.79. The molecule has 0 aliphatic carbocycles. The van der Waals surface area contributed by atoms with E-state index in [1.165, 1.54) is 0 Å². The van der Waals surface area contributed by atoms with E-state index in [-0.39, 0.29) is 11.5 Å². The molecule has 1 aliphatic heterocycles. The average Bonchev–Trinajstić information content (AvgIpc) is 2.50. The van der Waals surface area contributed by atoms with Crippen LogP contribution in [0.3, 0.4) is 0 Å². The number of aliphatic imine (C=N–C) groups is 1. The molecule has 1 fully saturated rings. The molecule has 6 nitrogen and oxygen atoms in total. The van der Waals surface area contributed by atoms with Gasteiger partial charge in [0.1, 0.15) is 0 Å². The number of hydrogen-bond acceptors (Lipinski definition) is 4. The van der Waals surface area contributed by atoms with E-state index in [1.807, 2.05) is 0 Å². The molecule has 0 spiro atoms. The molecule has 1 saturated heterocycles. The lowest BCUT2D eigenvalue weighted by Crippen LogP contribution is -2.47. The Morgan fingerprint density at radius 2 is 1.83 bits per heavy atom. The number of morpholine rings is 1. The lowest BCUT2D eigenvalue weighted by molar-refractivity contribution is 0.0205. The highest BCUT2D eigenvalue weighted by atomic mass is 16.5. The maximum atomic E-state index is 5.57. The van der Waals surface area contributed by atoms with E-state index in [0.717, 1.165) is 51.9 Å². The number of nitrogens with one attached hydrogen (secondary N) is 2. The standard InChI is InChI=1S/C17H36N4O2/c1-14(13-21-7-9-23-10-8-21)11-19-16(18-5)20-12-15(22-6)17(2,3)4/h14-15H,7-13H2,1-6H3,(H2,18,19,20). The Labute approximate surface area is 142 Å². The van der Waals surface area contributed by atoms with Gasteiger partial charge in [-0.15, -0.1) is 0 Å². The van der Waals surface area contributed by atoms with E-state index >= 15 is 0 Å². The Morgan fingerprint density at radius 1 is 1.22 bits per heavy atom. The van der Waals surface area contributed by atoms with Crippen molar-refractivity contribution in [3.05, 3.63) is 0 Å². The summed E-state index contributed by atoms with van der Waals surface area (Å²) in [6, 6.07) is 0. The first-order chi connectivity index (χ1) is 10.9. The number of ether oxygens (including phenoxy) is 2. The van der Waals surface area contributed by atoms with Gasteiger partial charge in [0, 0.05) is 46.9 Å². The summed E-state index contributed by atoms with van der Waals surface area (Å²) in [5.74, 6) is 1.40. The molecule has 1 aliphatic rings. The van der Waals surface area contributed by atoms with Crippen LogP contribution in [0, 0.1) is 11.3 Å². The number of methoxy groups -OCH3 is 1. The van der Waals surface area contributed by atoms with Gasteiger partial charge >= 0.3 is 0 Å². The lowest BCUT2D eigenvalue weighted by Gasteiger charge is -2.31. The van der Waals surface area contributed by atoms with Crippen LogP contribution in [0.15, 0.2) is 4.99 Å². The van der Waals surface area contributed by atoms with Gasteiger partial charge in [-0.25, -0.2) is 0 Å². The van der Waals surface area contributed by atoms with Gasteiger partial charge in [-0.2, -0.15) is 0 Å². The highest BCUT2D eigenvalue weighted by Gasteiger charge is 2.24. The van der Waals surface area contributed by atoms with Crippen LogP contribution in [0.5, 0.6) is 0 Å². The van der Waals surface area contributed by atoms with Gasteiger partial charge in [0.15, 0.2) is 5.96 Å². The molecule has 2 atom stereocenters. The van der Waals surface area contributed by atoms with E-state index in [2.05, 4.69) is 48.2 Å². The zero-order valence-corrected chi connectivity index (χ0v) is 15.8. The summed E-state index contributed by atoms with van der Waals surface area (Å²) in [6.45, 7) is 15.4. The summed E-state index contributed by atoms with van der Waals surface area (Å²) < 4.78 is 11.0. The molecular formula is C17H36N4O2. The quantitative estimate of drug-likeness (QED) is 0.543. The predicted molar refractivity (Wildman–Crippen MR) is 96.0 cm³/mol. The van der Waals surface area contributed by atoms with Gasteiger partial charge in [0.25, 0.3) is 0 Å². The normalized spacial score (nSPS) is 20.2. The van der Waals surface area contributed by atoms with Gasteiger partial charge in [-0.1, -0.05) is 27.7 Å². The third kappa shape index (κ3) is 7.99. The van der Waals surface area contributed by atoms with Crippen molar-refractivity contribution < 1.29 is 9.47 Å². The van der Waals surface area contributed by atoms with E-state index in [0.29, 0.717) is 5.92 Å². The van der Waals surface area contributed by atoms with Gasteiger partial charge in [-0.05, 0) is 11.3 Å². The first kappa shape index (κ1) is 20.2. The molecule has 0 saturated carbocycles. The zero-order valence-electron chi connectivity index (χ0n) is 15.8. The molecule has 0 aromatic rings. The van der Waals surface area contributed by atoms with Crippen molar-refractivity contribution in [2.45, 2.75) is 33.8 Å². The monoisotopic (exact) mass is 328 g/mol. The summed E-state index contributed by atoms with van der Waals surface area (Å²) in [5.41, 5.74) is 0.101. The minimum Gasteiger partial charge on any atom is -0.379 e. The fourth-order valence-electron chi connectivity index (χ4n) is 2.71. The molecule has 1 rings (SSSR count). The molecule has 0 bridgehead atoms. The molecule has 0 aromatic heterocycles. The minimum atomic E-state index is 0.101. The zero-order chi connectivity index (χ0) is 17.3. The van der Waals surface area contributed by atoms with E-state index in [4.69, 9.17) is 9.47 Å². The minimum absolute atomic E-state index is 0.101. The molecule has 23 heavy (non-hydrogen) atoms. The highest BCUT2D eigenvalue weighted by Crippen LogP contribution is 2.20. The molecule has 0 amide bonds. The van der Waals surface area contributed by atoms with Crippen molar-refractivity contribution in [2.24, 2.45) is 16.3 Å². The number of nitrogens with zero attached hydrogens (tertiary/aromatic N) is 2. The molecular weight excluding hydrogens is 292 g/mol. The number of guanidine groups is 1. The molecule has 0 aromatic carbocycles. The van der Waals surface area contributed by atoms with Gasteiger partial charge in [0.05, 0.1) is 19.3 Å². The van der Waals surface area contributed by atoms with E-state index in [1.54, 1.807) is 14.2 Å². The van der Waals surface area contributed by atoms with Crippen LogP contribution in [-0.4, -0.2) is 77.1 Å². The first-order valence-corrected chi connectivity index (χ1v) is 8.64. The van der Waals surface area contributed by atoms with Crippen LogP contribution in [-0.2, 0) is 9.47 Å². The second-order valence-electron chi connectivity index (χ2n) is 7.44.